The minimum atomic E-state index is 0.593. The molecule has 3 heteroatoms. The summed E-state index contributed by atoms with van der Waals surface area (Å²) in [6.45, 7) is 5.78. The monoisotopic (exact) mass is 212 g/mol. The standard InChI is InChI=1S/C12H24N2O/c1-10(6-9-15-2)13-11-5-8-14-7-3-4-12(11)14/h10-13H,3-9H2,1-2H3. The van der Waals surface area contributed by atoms with Crippen LogP contribution >= 0.6 is 0 Å². The highest BCUT2D eigenvalue weighted by Gasteiger charge is 2.37. The zero-order valence-electron chi connectivity index (χ0n) is 10.0. The normalized spacial score (nSPS) is 33.2. The molecule has 0 saturated carbocycles. The SMILES string of the molecule is COCCC(C)NC1CCN2CCCC12. The molecule has 0 bridgehead atoms. The van der Waals surface area contributed by atoms with Gasteiger partial charge in [0.15, 0.2) is 0 Å². The van der Waals surface area contributed by atoms with E-state index in [0.29, 0.717) is 6.04 Å². The van der Waals surface area contributed by atoms with Gasteiger partial charge in [-0.1, -0.05) is 0 Å². The second-order valence-corrected chi connectivity index (χ2v) is 4.99. The van der Waals surface area contributed by atoms with Gasteiger partial charge in [-0.2, -0.15) is 0 Å². The Morgan fingerprint density at radius 2 is 2.27 bits per heavy atom. The van der Waals surface area contributed by atoms with E-state index in [1.165, 1.54) is 32.4 Å². The van der Waals surface area contributed by atoms with Crippen LogP contribution < -0.4 is 5.32 Å². The summed E-state index contributed by atoms with van der Waals surface area (Å²) < 4.78 is 5.11. The second-order valence-electron chi connectivity index (χ2n) is 4.99. The minimum absolute atomic E-state index is 0.593. The fraction of sp³-hybridized carbons (Fsp3) is 1.00. The maximum absolute atomic E-state index is 5.11. The van der Waals surface area contributed by atoms with Gasteiger partial charge in [-0.15, -0.1) is 0 Å². The third-order valence-corrected chi connectivity index (χ3v) is 3.86. The van der Waals surface area contributed by atoms with Crippen LogP contribution in [0.5, 0.6) is 0 Å². The summed E-state index contributed by atoms with van der Waals surface area (Å²) in [6.07, 6.45) is 5.26. The van der Waals surface area contributed by atoms with E-state index in [9.17, 15) is 0 Å². The number of hydrogen-bond donors (Lipinski definition) is 1. The summed E-state index contributed by atoms with van der Waals surface area (Å²) in [5.41, 5.74) is 0. The molecule has 2 aliphatic heterocycles. The zero-order valence-corrected chi connectivity index (χ0v) is 10.0. The molecule has 2 saturated heterocycles. The summed E-state index contributed by atoms with van der Waals surface area (Å²) in [7, 11) is 1.78. The predicted octanol–water partition coefficient (Wildman–Crippen LogP) is 1.24. The molecule has 2 fully saturated rings. The number of nitrogens with one attached hydrogen (secondary N) is 1. The largest absolute Gasteiger partial charge is 0.385 e. The average molecular weight is 212 g/mol. The molecule has 0 amide bonds. The smallest absolute Gasteiger partial charge is 0.0476 e. The van der Waals surface area contributed by atoms with E-state index in [0.717, 1.165) is 25.1 Å². The number of hydrogen-bond acceptors (Lipinski definition) is 3. The molecule has 88 valence electrons. The number of fused-ring (bicyclic) bond motifs is 1. The van der Waals surface area contributed by atoms with Crippen molar-refractivity contribution >= 4 is 0 Å². The highest BCUT2D eigenvalue weighted by Crippen LogP contribution is 2.28. The van der Waals surface area contributed by atoms with Crippen molar-refractivity contribution in [1.82, 2.24) is 10.2 Å². The third-order valence-electron chi connectivity index (χ3n) is 3.86. The molecule has 2 rings (SSSR count). The lowest BCUT2D eigenvalue weighted by atomic mass is 10.1. The van der Waals surface area contributed by atoms with E-state index >= 15 is 0 Å². The van der Waals surface area contributed by atoms with Crippen LogP contribution in [0.1, 0.15) is 32.6 Å². The first-order valence-corrected chi connectivity index (χ1v) is 6.30. The van der Waals surface area contributed by atoms with E-state index in [1.807, 2.05) is 0 Å². The molecule has 0 aromatic carbocycles. The molecule has 3 nitrogen and oxygen atoms in total. The van der Waals surface area contributed by atoms with Crippen LogP contribution in [0.3, 0.4) is 0 Å². The van der Waals surface area contributed by atoms with Crippen molar-refractivity contribution in [3.63, 3.8) is 0 Å². The lowest BCUT2D eigenvalue weighted by molar-refractivity contribution is 0.180. The molecular weight excluding hydrogens is 188 g/mol. The maximum atomic E-state index is 5.11. The van der Waals surface area contributed by atoms with Crippen LogP contribution in [0.25, 0.3) is 0 Å². The van der Waals surface area contributed by atoms with Gasteiger partial charge in [0, 0.05) is 38.4 Å². The average Bonchev–Trinajstić information content (AvgIpc) is 2.80. The van der Waals surface area contributed by atoms with Crippen molar-refractivity contribution in [3.05, 3.63) is 0 Å². The van der Waals surface area contributed by atoms with Crippen LogP contribution in [0, 0.1) is 0 Å². The summed E-state index contributed by atoms with van der Waals surface area (Å²) in [4.78, 5) is 2.65. The summed E-state index contributed by atoms with van der Waals surface area (Å²) in [6, 6.07) is 2.16. The number of nitrogens with zero attached hydrogens (tertiary/aromatic N) is 1. The summed E-state index contributed by atoms with van der Waals surface area (Å²) in [5.74, 6) is 0. The van der Waals surface area contributed by atoms with Crippen molar-refractivity contribution < 1.29 is 4.74 Å². The van der Waals surface area contributed by atoms with Crippen molar-refractivity contribution in [2.24, 2.45) is 0 Å². The molecule has 3 unspecified atom stereocenters. The number of ether oxygens (including phenoxy) is 1. The minimum Gasteiger partial charge on any atom is -0.385 e. The van der Waals surface area contributed by atoms with Crippen LogP contribution in [0.15, 0.2) is 0 Å². The first-order valence-electron chi connectivity index (χ1n) is 6.30. The lowest BCUT2D eigenvalue weighted by Crippen LogP contribution is -2.43. The van der Waals surface area contributed by atoms with Gasteiger partial charge in [0.05, 0.1) is 0 Å². The predicted molar refractivity (Wildman–Crippen MR) is 62.1 cm³/mol. The lowest BCUT2D eigenvalue weighted by Gasteiger charge is -2.25. The quantitative estimate of drug-likeness (QED) is 0.742. The molecule has 0 aliphatic carbocycles. The molecule has 0 aromatic heterocycles. The second kappa shape index (κ2) is 5.28. The Labute approximate surface area is 93.2 Å². The molecule has 2 heterocycles. The van der Waals surface area contributed by atoms with E-state index in [1.54, 1.807) is 7.11 Å². The molecule has 1 N–H and O–H groups in total. The Morgan fingerprint density at radius 3 is 3.07 bits per heavy atom. The fourth-order valence-corrected chi connectivity index (χ4v) is 3.02. The Bertz CT molecular complexity index is 198. The maximum Gasteiger partial charge on any atom is 0.0476 e. The number of rotatable bonds is 5. The first-order chi connectivity index (χ1) is 7.31. The van der Waals surface area contributed by atoms with Crippen LogP contribution in [0.2, 0.25) is 0 Å². The van der Waals surface area contributed by atoms with Gasteiger partial charge in [0.25, 0.3) is 0 Å². The van der Waals surface area contributed by atoms with E-state index in [-0.39, 0.29) is 0 Å². The van der Waals surface area contributed by atoms with Crippen LogP contribution in [-0.4, -0.2) is 49.8 Å². The third kappa shape index (κ3) is 2.71. The Morgan fingerprint density at radius 1 is 1.40 bits per heavy atom. The first kappa shape index (κ1) is 11.4. The Balaban J connectivity index is 1.74. The zero-order chi connectivity index (χ0) is 10.7. The van der Waals surface area contributed by atoms with E-state index < -0.39 is 0 Å². The Hall–Kier alpha value is -0.120. The van der Waals surface area contributed by atoms with Gasteiger partial charge in [-0.25, -0.2) is 0 Å². The topological polar surface area (TPSA) is 24.5 Å². The molecule has 2 aliphatic rings. The van der Waals surface area contributed by atoms with Gasteiger partial charge in [-0.05, 0) is 39.2 Å². The fourth-order valence-electron chi connectivity index (χ4n) is 3.02. The van der Waals surface area contributed by atoms with Crippen molar-refractivity contribution in [2.75, 3.05) is 26.8 Å². The van der Waals surface area contributed by atoms with Gasteiger partial charge >= 0.3 is 0 Å². The molecule has 15 heavy (non-hydrogen) atoms. The van der Waals surface area contributed by atoms with Crippen LogP contribution in [0.4, 0.5) is 0 Å². The molecule has 0 spiro atoms. The summed E-state index contributed by atoms with van der Waals surface area (Å²) in [5, 5.41) is 3.76. The number of methoxy groups -OCH3 is 1. The van der Waals surface area contributed by atoms with Crippen molar-refractivity contribution in [1.29, 1.82) is 0 Å². The van der Waals surface area contributed by atoms with Crippen molar-refractivity contribution in [3.8, 4) is 0 Å². The van der Waals surface area contributed by atoms with Gasteiger partial charge < -0.3 is 10.1 Å². The molecule has 3 atom stereocenters. The Kier molecular flexibility index (Phi) is 4.00. The van der Waals surface area contributed by atoms with E-state index in [4.69, 9.17) is 4.74 Å². The highest BCUT2D eigenvalue weighted by molar-refractivity contribution is 4.96. The van der Waals surface area contributed by atoms with Crippen molar-refractivity contribution in [2.45, 2.75) is 50.7 Å². The molecule has 0 radical (unpaired) electrons. The molecular formula is C12H24N2O. The summed E-state index contributed by atoms with van der Waals surface area (Å²) >= 11 is 0. The highest BCUT2D eigenvalue weighted by atomic mass is 16.5. The van der Waals surface area contributed by atoms with Gasteiger partial charge in [-0.3, -0.25) is 4.90 Å². The van der Waals surface area contributed by atoms with Gasteiger partial charge in [0.2, 0.25) is 0 Å². The van der Waals surface area contributed by atoms with Gasteiger partial charge in [0.1, 0.15) is 0 Å². The van der Waals surface area contributed by atoms with Crippen LogP contribution in [-0.2, 0) is 4.74 Å². The molecule has 0 aromatic rings. The van der Waals surface area contributed by atoms with E-state index in [2.05, 4.69) is 17.1 Å².